The summed E-state index contributed by atoms with van der Waals surface area (Å²) in [4.78, 5) is 24.0. The first-order valence-corrected chi connectivity index (χ1v) is 9.10. The molecule has 1 aliphatic rings. The van der Waals surface area contributed by atoms with E-state index >= 15 is 0 Å². The zero-order valence-corrected chi connectivity index (χ0v) is 15.8. The molecule has 0 aromatic carbocycles. The summed E-state index contributed by atoms with van der Waals surface area (Å²) in [6.45, 7) is 5.96. The number of furan rings is 1. The van der Waals surface area contributed by atoms with Crippen molar-refractivity contribution in [1.82, 2.24) is 5.32 Å². The summed E-state index contributed by atoms with van der Waals surface area (Å²) < 4.78 is 11.0. The Morgan fingerprint density at radius 1 is 1.38 bits per heavy atom. The van der Waals surface area contributed by atoms with Crippen LogP contribution < -0.4 is 5.32 Å². The molecule has 6 heteroatoms. The zero-order chi connectivity index (χ0) is 17.7. The van der Waals surface area contributed by atoms with E-state index in [9.17, 15) is 9.59 Å². The van der Waals surface area contributed by atoms with E-state index in [4.69, 9.17) is 9.15 Å². The van der Waals surface area contributed by atoms with Gasteiger partial charge in [0.25, 0.3) is 5.91 Å². The van der Waals surface area contributed by atoms with E-state index in [1.807, 2.05) is 0 Å². The number of nitrogens with one attached hydrogen (secondary N) is 1. The quantitative estimate of drug-likeness (QED) is 0.603. The van der Waals surface area contributed by atoms with E-state index in [-0.39, 0.29) is 11.9 Å². The van der Waals surface area contributed by atoms with Gasteiger partial charge in [0.1, 0.15) is 5.76 Å². The Bertz CT molecular complexity index is 610. The third kappa shape index (κ3) is 5.23. The predicted molar refractivity (Wildman–Crippen MR) is 95.1 cm³/mol. The molecule has 1 amide bonds. The summed E-state index contributed by atoms with van der Waals surface area (Å²) in [6, 6.07) is 3.60. The van der Waals surface area contributed by atoms with Crippen molar-refractivity contribution in [2.75, 3.05) is 0 Å². The number of rotatable bonds is 5. The van der Waals surface area contributed by atoms with Crippen LogP contribution in [0.2, 0.25) is 0 Å². The molecule has 4 atom stereocenters. The van der Waals surface area contributed by atoms with E-state index < -0.39 is 12.1 Å². The maximum Gasteiger partial charge on any atom is 0.331 e. The van der Waals surface area contributed by atoms with Gasteiger partial charge in [0.05, 0.1) is 0 Å². The Kier molecular flexibility index (Phi) is 6.66. The van der Waals surface area contributed by atoms with Crippen LogP contribution in [0, 0.1) is 11.8 Å². The molecule has 1 heterocycles. The van der Waals surface area contributed by atoms with Crippen molar-refractivity contribution >= 4 is 33.9 Å². The molecule has 0 saturated heterocycles. The van der Waals surface area contributed by atoms with Crippen molar-refractivity contribution in [2.24, 2.45) is 11.8 Å². The average molecular weight is 398 g/mol. The van der Waals surface area contributed by atoms with Gasteiger partial charge in [0.15, 0.2) is 10.8 Å². The third-order valence-corrected chi connectivity index (χ3v) is 5.10. The summed E-state index contributed by atoms with van der Waals surface area (Å²) >= 11 is 3.18. The molecular weight excluding hydrogens is 374 g/mol. The lowest BCUT2D eigenvalue weighted by molar-refractivity contribution is -0.150. The van der Waals surface area contributed by atoms with Crippen LogP contribution in [0.4, 0.5) is 0 Å². The van der Waals surface area contributed by atoms with Crippen molar-refractivity contribution < 1.29 is 18.7 Å². The van der Waals surface area contributed by atoms with E-state index in [1.165, 1.54) is 18.6 Å². The second-order valence-electron chi connectivity index (χ2n) is 6.44. The van der Waals surface area contributed by atoms with E-state index in [1.54, 1.807) is 19.1 Å². The number of esters is 1. The van der Waals surface area contributed by atoms with Gasteiger partial charge < -0.3 is 14.5 Å². The fourth-order valence-corrected chi connectivity index (χ4v) is 3.24. The SMILES string of the molecule is C[C@@H]1[C@@H](C)CCC[C@H]1NC(=O)[C@@H](C)OC(=O)/C=C/c1ccc(Br)o1. The highest BCUT2D eigenvalue weighted by Gasteiger charge is 2.29. The van der Waals surface area contributed by atoms with Gasteiger partial charge in [-0.1, -0.05) is 26.7 Å². The molecule has 1 N–H and O–H groups in total. The number of hydrogen-bond acceptors (Lipinski definition) is 4. The highest BCUT2D eigenvalue weighted by atomic mass is 79.9. The van der Waals surface area contributed by atoms with Crippen molar-refractivity contribution in [2.45, 2.75) is 52.2 Å². The molecule has 0 unspecified atom stereocenters. The van der Waals surface area contributed by atoms with Gasteiger partial charge in [-0.05, 0) is 59.3 Å². The lowest BCUT2D eigenvalue weighted by Crippen LogP contribution is -2.47. The second kappa shape index (κ2) is 8.51. The van der Waals surface area contributed by atoms with E-state index in [0.717, 1.165) is 12.8 Å². The van der Waals surface area contributed by atoms with Gasteiger partial charge in [0, 0.05) is 12.1 Å². The smallest absolute Gasteiger partial charge is 0.331 e. The standard InChI is InChI=1S/C18H24BrNO4/c1-11-5-4-6-15(12(11)2)20-18(22)13(3)23-17(21)10-8-14-7-9-16(19)24-14/h7-13,15H,4-6H2,1-3H3,(H,20,22)/b10-8+/t11-,12+,13+,15+/m0/s1. The predicted octanol–water partition coefficient (Wildman–Crippen LogP) is 3.93. The number of carbonyl (C=O) groups is 2. The molecule has 2 rings (SSSR count). The Hall–Kier alpha value is -1.56. The van der Waals surface area contributed by atoms with Gasteiger partial charge >= 0.3 is 5.97 Å². The van der Waals surface area contributed by atoms with Crippen LogP contribution in [0.5, 0.6) is 0 Å². The number of ether oxygens (including phenoxy) is 1. The molecule has 1 aliphatic carbocycles. The van der Waals surface area contributed by atoms with Crippen molar-refractivity contribution in [3.05, 3.63) is 28.6 Å². The maximum atomic E-state index is 12.2. The summed E-state index contributed by atoms with van der Waals surface area (Å²) in [5.74, 6) is 0.736. The Balaban J connectivity index is 1.82. The molecule has 5 nitrogen and oxygen atoms in total. The first kappa shape index (κ1) is 18.8. The normalized spacial score (nSPS) is 25.4. The molecule has 1 saturated carbocycles. The van der Waals surface area contributed by atoms with Gasteiger partial charge in [-0.2, -0.15) is 0 Å². The van der Waals surface area contributed by atoms with Crippen molar-refractivity contribution in [3.8, 4) is 0 Å². The fraction of sp³-hybridized carbons (Fsp3) is 0.556. The number of carbonyl (C=O) groups excluding carboxylic acids is 2. The minimum absolute atomic E-state index is 0.151. The highest BCUT2D eigenvalue weighted by Crippen LogP contribution is 2.29. The lowest BCUT2D eigenvalue weighted by atomic mass is 9.78. The van der Waals surface area contributed by atoms with Crippen LogP contribution in [0.25, 0.3) is 6.08 Å². The molecule has 1 fully saturated rings. The second-order valence-corrected chi connectivity index (χ2v) is 7.22. The molecule has 0 aliphatic heterocycles. The molecule has 1 aromatic rings. The van der Waals surface area contributed by atoms with Crippen LogP contribution in [-0.4, -0.2) is 24.0 Å². The largest absolute Gasteiger partial charge is 0.450 e. The molecule has 24 heavy (non-hydrogen) atoms. The van der Waals surface area contributed by atoms with Gasteiger partial charge in [-0.15, -0.1) is 0 Å². The van der Waals surface area contributed by atoms with Crippen LogP contribution in [0.15, 0.2) is 27.3 Å². The van der Waals surface area contributed by atoms with Crippen LogP contribution in [-0.2, 0) is 14.3 Å². The highest BCUT2D eigenvalue weighted by molar-refractivity contribution is 9.10. The van der Waals surface area contributed by atoms with E-state index in [2.05, 4.69) is 35.1 Å². The molecule has 1 aromatic heterocycles. The molecule has 0 spiro atoms. The zero-order valence-electron chi connectivity index (χ0n) is 14.3. The summed E-state index contributed by atoms with van der Waals surface area (Å²) in [5.41, 5.74) is 0. The first-order valence-electron chi connectivity index (χ1n) is 8.31. The molecular formula is C18H24BrNO4. The fourth-order valence-electron chi connectivity index (χ4n) is 2.92. The Morgan fingerprint density at radius 2 is 2.12 bits per heavy atom. The summed E-state index contributed by atoms with van der Waals surface area (Å²) in [7, 11) is 0. The summed E-state index contributed by atoms with van der Waals surface area (Å²) in [5, 5.41) is 3.02. The van der Waals surface area contributed by atoms with Crippen molar-refractivity contribution in [1.29, 1.82) is 0 Å². The number of halogens is 1. The van der Waals surface area contributed by atoms with Crippen molar-refractivity contribution in [3.63, 3.8) is 0 Å². The Labute approximate surface area is 150 Å². The molecule has 0 bridgehead atoms. The van der Waals surface area contributed by atoms with Crippen LogP contribution >= 0.6 is 15.9 Å². The Morgan fingerprint density at radius 3 is 2.79 bits per heavy atom. The molecule has 132 valence electrons. The van der Waals surface area contributed by atoms with Gasteiger partial charge in [-0.25, -0.2) is 4.79 Å². The minimum atomic E-state index is -0.824. The maximum absolute atomic E-state index is 12.2. The minimum Gasteiger partial charge on any atom is -0.450 e. The first-order chi connectivity index (χ1) is 11.4. The van der Waals surface area contributed by atoms with Gasteiger partial charge in [0.2, 0.25) is 0 Å². The van der Waals surface area contributed by atoms with E-state index in [0.29, 0.717) is 22.3 Å². The van der Waals surface area contributed by atoms with Gasteiger partial charge in [-0.3, -0.25) is 4.79 Å². The van der Waals surface area contributed by atoms with Crippen LogP contribution in [0.1, 0.15) is 45.8 Å². The average Bonchev–Trinajstić information content (AvgIpc) is 2.95. The monoisotopic (exact) mass is 397 g/mol. The number of amides is 1. The third-order valence-electron chi connectivity index (χ3n) is 4.67. The topological polar surface area (TPSA) is 68.5 Å². The number of hydrogen-bond donors (Lipinski definition) is 1. The van der Waals surface area contributed by atoms with Crippen LogP contribution in [0.3, 0.4) is 0 Å². The molecule has 0 radical (unpaired) electrons. The lowest BCUT2D eigenvalue weighted by Gasteiger charge is -2.35. The summed E-state index contributed by atoms with van der Waals surface area (Å²) in [6.07, 6.45) is 5.22.